The van der Waals surface area contributed by atoms with Gasteiger partial charge in [-0.2, -0.15) is 0 Å². The lowest BCUT2D eigenvalue weighted by Gasteiger charge is -2.12. The van der Waals surface area contributed by atoms with Gasteiger partial charge in [-0.3, -0.25) is 19.5 Å². The SMILES string of the molecule is Cc1ccc(NC(=O)NC(=O)CSc2nc3ccccc3c(=O)n2C2CC2)c(C)c1. The Kier molecular flexibility index (Phi) is 5.59. The number of fused-ring (bicyclic) bond motifs is 1. The number of thioether (sulfide) groups is 1. The van der Waals surface area contributed by atoms with Crippen LogP contribution in [0.3, 0.4) is 0 Å². The normalized spacial score (nSPS) is 13.3. The first-order valence-electron chi connectivity index (χ1n) is 9.74. The summed E-state index contributed by atoms with van der Waals surface area (Å²) >= 11 is 1.17. The number of hydrogen-bond acceptors (Lipinski definition) is 5. The molecule has 0 aliphatic heterocycles. The van der Waals surface area contributed by atoms with Gasteiger partial charge in [-0.05, 0) is 50.5 Å². The molecule has 154 valence electrons. The Morgan fingerprint density at radius 3 is 2.67 bits per heavy atom. The average molecular weight is 423 g/mol. The zero-order valence-electron chi connectivity index (χ0n) is 16.8. The second kappa shape index (κ2) is 8.31. The van der Waals surface area contributed by atoms with Crippen LogP contribution in [0, 0.1) is 13.8 Å². The molecule has 1 aromatic heterocycles. The lowest BCUT2D eigenvalue weighted by molar-refractivity contribution is -0.117. The largest absolute Gasteiger partial charge is 0.325 e. The summed E-state index contributed by atoms with van der Waals surface area (Å²) in [5.74, 6) is -0.468. The number of urea groups is 1. The van der Waals surface area contributed by atoms with Crippen LogP contribution in [0.2, 0.25) is 0 Å². The summed E-state index contributed by atoms with van der Waals surface area (Å²) in [4.78, 5) is 41.9. The maximum atomic E-state index is 12.9. The van der Waals surface area contributed by atoms with Crippen LogP contribution in [0.1, 0.15) is 30.0 Å². The van der Waals surface area contributed by atoms with Gasteiger partial charge in [0, 0.05) is 11.7 Å². The molecule has 7 nitrogen and oxygen atoms in total. The van der Waals surface area contributed by atoms with Gasteiger partial charge in [-0.15, -0.1) is 0 Å². The first kappa shape index (κ1) is 20.2. The molecule has 3 aromatic rings. The standard InChI is InChI=1S/C22H22N4O3S/c1-13-7-10-17(14(2)11-13)23-21(29)25-19(27)12-30-22-24-18-6-4-3-5-16(18)20(28)26(22)15-8-9-15/h3-7,10-11,15H,8-9,12H2,1-2H3,(H2,23,25,27,29). The molecular formula is C22H22N4O3S. The van der Waals surface area contributed by atoms with Gasteiger partial charge < -0.3 is 5.32 Å². The maximum Gasteiger partial charge on any atom is 0.325 e. The zero-order chi connectivity index (χ0) is 21.3. The minimum Gasteiger partial charge on any atom is -0.307 e. The topological polar surface area (TPSA) is 93.1 Å². The Hall–Kier alpha value is -3.13. The van der Waals surface area contributed by atoms with Crippen LogP contribution in [0.5, 0.6) is 0 Å². The summed E-state index contributed by atoms with van der Waals surface area (Å²) in [6, 6.07) is 12.4. The van der Waals surface area contributed by atoms with E-state index in [-0.39, 0.29) is 17.4 Å². The predicted octanol–water partition coefficient (Wildman–Crippen LogP) is 3.79. The number of aryl methyl sites for hydroxylation is 2. The molecule has 1 aliphatic carbocycles. The summed E-state index contributed by atoms with van der Waals surface area (Å²) < 4.78 is 1.68. The van der Waals surface area contributed by atoms with Crippen molar-refractivity contribution in [2.75, 3.05) is 11.1 Å². The van der Waals surface area contributed by atoms with Gasteiger partial charge in [-0.1, -0.05) is 41.6 Å². The second-order valence-electron chi connectivity index (χ2n) is 7.43. The van der Waals surface area contributed by atoms with E-state index in [2.05, 4.69) is 15.6 Å². The zero-order valence-corrected chi connectivity index (χ0v) is 17.6. The van der Waals surface area contributed by atoms with E-state index in [1.165, 1.54) is 11.8 Å². The Balaban J connectivity index is 1.43. The van der Waals surface area contributed by atoms with Crippen molar-refractivity contribution in [3.8, 4) is 0 Å². The molecule has 3 amide bonds. The monoisotopic (exact) mass is 422 g/mol. The van der Waals surface area contributed by atoms with Gasteiger partial charge in [-0.25, -0.2) is 9.78 Å². The summed E-state index contributed by atoms with van der Waals surface area (Å²) in [6.45, 7) is 3.86. The molecule has 4 rings (SSSR count). The van der Waals surface area contributed by atoms with Gasteiger partial charge >= 0.3 is 6.03 Å². The van der Waals surface area contributed by atoms with E-state index < -0.39 is 11.9 Å². The van der Waals surface area contributed by atoms with Gasteiger partial charge in [0.05, 0.1) is 16.7 Å². The van der Waals surface area contributed by atoms with E-state index in [0.29, 0.717) is 21.7 Å². The number of benzene rings is 2. The number of carbonyl (C=O) groups is 2. The third kappa shape index (κ3) is 4.38. The molecule has 1 fully saturated rings. The molecule has 1 heterocycles. The summed E-state index contributed by atoms with van der Waals surface area (Å²) in [5.41, 5.74) is 3.18. The van der Waals surface area contributed by atoms with E-state index >= 15 is 0 Å². The van der Waals surface area contributed by atoms with Crippen LogP contribution in [0.15, 0.2) is 52.4 Å². The first-order valence-corrected chi connectivity index (χ1v) is 10.7. The molecular weight excluding hydrogens is 400 g/mol. The van der Waals surface area contributed by atoms with Crippen molar-refractivity contribution in [3.63, 3.8) is 0 Å². The summed E-state index contributed by atoms with van der Waals surface area (Å²) in [7, 11) is 0. The molecule has 2 N–H and O–H groups in total. The fourth-order valence-electron chi connectivity index (χ4n) is 3.28. The van der Waals surface area contributed by atoms with Gasteiger partial charge in [0.25, 0.3) is 5.56 Å². The molecule has 2 aromatic carbocycles. The molecule has 0 spiro atoms. The van der Waals surface area contributed by atoms with Crippen LogP contribution in [0.25, 0.3) is 10.9 Å². The summed E-state index contributed by atoms with van der Waals surface area (Å²) in [5, 5.41) is 6.10. The third-order valence-electron chi connectivity index (χ3n) is 4.90. The van der Waals surface area contributed by atoms with Crippen LogP contribution >= 0.6 is 11.8 Å². The molecule has 30 heavy (non-hydrogen) atoms. The number of nitrogens with one attached hydrogen (secondary N) is 2. The Bertz CT molecular complexity index is 1200. The molecule has 1 saturated carbocycles. The van der Waals surface area contributed by atoms with Crippen molar-refractivity contribution < 1.29 is 9.59 Å². The number of amides is 3. The Morgan fingerprint density at radius 1 is 1.17 bits per heavy atom. The predicted molar refractivity (Wildman–Crippen MR) is 118 cm³/mol. The highest BCUT2D eigenvalue weighted by atomic mass is 32.2. The molecule has 1 aliphatic rings. The van der Waals surface area contributed by atoms with Crippen molar-refractivity contribution in [3.05, 3.63) is 63.9 Å². The van der Waals surface area contributed by atoms with Gasteiger partial charge in [0.1, 0.15) is 0 Å². The fourth-order valence-corrected chi connectivity index (χ4v) is 4.15. The Morgan fingerprint density at radius 2 is 1.93 bits per heavy atom. The van der Waals surface area contributed by atoms with Crippen LogP contribution in [-0.2, 0) is 4.79 Å². The number of carbonyl (C=O) groups excluding carboxylic acids is 2. The van der Waals surface area contributed by atoms with E-state index in [1.807, 2.05) is 38.1 Å². The van der Waals surface area contributed by atoms with Crippen molar-refractivity contribution >= 4 is 40.3 Å². The fraction of sp³-hybridized carbons (Fsp3) is 0.273. The van der Waals surface area contributed by atoms with Gasteiger partial charge in [0.2, 0.25) is 5.91 Å². The molecule has 0 unspecified atom stereocenters. The average Bonchev–Trinajstić information content (AvgIpc) is 3.53. The van der Waals surface area contributed by atoms with E-state index in [4.69, 9.17) is 0 Å². The van der Waals surface area contributed by atoms with Crippen molar-refractivity contribution in [2.45, 2.75) is 37.9 Å². The second-order valence-corrected chi connectivity index (χ2v) is 8.37. The van der Waals surface area contributed by atoms with Crippen LogP contribution in [-0.4, -0.2) is 27.2 Å². The summed E-state index contributed by atoms with van der Waals surface area (Å²) in [6.07, 6.45) is 1.86. The molecule has 8 heteroatoms. The quantitative estimate of drug-likeness (QED) is 0.482. The lowest BCUT2D eigenvalue weighted by atomic mass is 10.1. The first-order chi connectivity index (χ1) is 14.4. The third-order valence-corrected chi connectivity index (χ3v) is 5.86. The molecule has 0 radical (unpaired) electrons. The molecule has 0 atom stereocenters. The number of nitrogens with zero attached hydrogens (tertiary/aromatic N) is 2. The number of hydrogen-bond donors (Lipinski definition) is 2. The highest BCUT2D eigenvalue weighted by Gasteiger charge is 2.28. The van der Waals surface area contributed by atoms with Gasteiger partial charge in [0.15, 0.2) is 5.16 Å². The van der Waals surface area contributed by atoms with Crippen molar-refractivity contribution in [1.29, 1.82) is 0 Å². The smallest absolute Gasteiger partial charge is 0.307 e. The molecule has 0 saturated heterocycles. The maximum absolute atomic E-state index is 12.9. The highest BCUT2D eigenvalue weighted by molar-refractivity contribution is 7.99. The lowest BCUT2D eigenvalue weighted by Crippen LogP contribution is -2.35. The minimum absolute atomic E-state index is 0.0161. The van der Waals surface area contributed by atoms with Crippen molar-refractivity contribution in [2.24, 2.45) is 0 Å². The van der Waals surface area contributed by atoms with Crippen LogP contribution < -0.4 is 16.2 Å². The van der Waals surface area contributed by atoms with Crippen LogP contribution in [0.4, 0.5) is 10.5 Å². The van der Waals surface area contributed by atoms with E-state index in [0.717, 1.165) is 24.0 Å². The number of aromatic nitrogens is 2. The number of imide groups is 1. The van der Waals surface area contributed by atoms with E-state index in [9.17, 15) is 14.4 Å². The minimum atomic E-state index is -0.585. The highest BCUT2D eigenvalue weighted by Crippen LogP contribution is 2.36. The van der Waals surface area contributed by atoms with Crippen molar-refractivity contribution in [1.82, 2.24) is 14.9 Å². The Labute approximate surface area is 177 Å². The number of rotatable bonds is 5. The number of anilines is 1. The van der Waals surface area contributed by atoms with E-state index in [1.54, 1.807) is 22.8 Å². The number of para-hydroxylation sites is 1. The molecule has 0 bridgehead atoms.